The Hall–Kier alpha value is -3.46. The molecule has 2 rings (SSSR count). The smallest absolute Gasteiger partial charge is 0.247 e. The van der Waals surface area contributed by atoms with Crippen molar-refractivity contribution >= 4 is 22.7 Å². The number of anilines is 1. The first-order valence-corrected chi connectivity index (χ1v) is 11.4. The Labute approximate surface area is 197 Å². The van der Waals surface area contributed by atoms with Crippen LogP contribution in [-0.4, -0.2) is 5.91 Å². The number of halogens is 1. The molecule has 3 heteroatoms. The van der Waals surface area contributed by atoms with Gasteiger partial charge in [0, 0.05) is 5.69 Å². The molecular formula is C30H34FNO. The maximum absolute atomic E-state index is 14.0. The van der Waals surface area contributed by atoms with Gasteiger partial charge in [0.05, 0.1) is 0 Å². The van der Waals surface area contributed by atoms with E-state index in [0.717, 1.165) is 46.3 Å². The number of allylic oxidation sites excluding steroid dienone is 8. The lowest BCUT2D eigenvalue weighted by Gasteiger charge is -2.17. The summed E-state index contributed by atoms with van der Waals surface area (Å²) in [4.78, 5) is 11.7. The van der Waals surface area contributed by atoms with Crippen LogP contribution < -0.4 is 5.32 Å². The van der Waals surface area contributed by atoms with Gasteiger partial charge in [-0.3, -0.25) is 4.79 Å². The number of carbonyl (C=O) groups excluding carboxylic acids is 1. The molecule has 0 aliphatic rings. The second-order valence-electron chi connectivity index (χ2n) is 7.86. The molecule has 0 aromatic heterocycles. The lowest BCUT2D eigenvalue weighted by molar-refractivity contribution is -0.111. The topological polar surface area (TPSA) is 29.1 Å². The van der Waals surface area contributed by atoms with E-state index in [-0.39, 0.29) is 11.7 Å². The number of benzene rings is 2. The van der Waals surface area contributed by atoms with Crippen LogP contribution in [0.2, 0.25) is 0 Å². The van der Waals surface area contributed by atoms with Crippen LogP contribution in [0.4, 0.5) is 10.1 Å². The summed E-state index contributed by atoms with van der Waals surface area (Å²) in [6.07, 6.45) is 11.7. The van der Waals surface area contributed by atoms with Crippen LogP contribution >= 0.6 is 0 Å². The number of nitrogens with one attached hydrogen (secondary N) is 1. The van der Waals surface area contributed by atoms with Gasteiger partial charge >= 0.3 is 0 Å². The molecule has 2 aromatic carbocycles. The van der Waals surface area contributed by atoms with E-state index in [9.17, 15) is 9.18 Å². The maximum atomic E-state index is 14.0. The molecule has 0 aliphatic carbocycles. The van der Waals surface area contributed by atoms with E-state index in [2.05, 4.69) is 57.0 Å². The summed E-state index contributed by atoms with van der Waals surface area (Å²) in [5.74, 6) is -0.444. The van der Waals surface area contributed by atoms with Gasteiger partial charge in [0.2, 0.25) is 5.91 Å². The lowest BCUT2D eigenvalue weighted by Crippen LogP contribution is -2.07. The van der Waals surface area contributed by atoms with Crippen molar-refractivity contribution in [3.63, 3.8) is 0 Å². The van der Waals surface area contributed by atoms with Gasteiger partial charge in [-0.25, -0.2) is 4.39 Å². The second-order valence-corrected chi connectivity index (χ2v) is 7.86. The maximum Gasteiger partial charge on any atom is 0.247 e. The van der Waals surface area contributed by atoms with Gasteiger partial charge in [-0.05, 0) is 109 Å². The molecule has 1 N–H and O–H groups in total. The van der Waals surface area contributed by atoms with Crippen molar-refractivity contribution in [1.29, 1.82) is 0 Å². The molecule has 0 aliphatic heterocycles. The number of aryl methyl sites for hydroxylation is 1. The molecule has 0 saturated heterocycles. The molecule has 0 radical (unpaired) electrons. The van der Waals surface area contributed by atoms with Crippen LogP contribution in [0.3, 0.4) is 0 Å². The van der Waals surface area contributed by atoms with Gasteiger partial charge in [-0.15, -0.1) is 0 Å². The Balaban J connectivity index is 2.65. The van der Waals surface area contributed by atoms with Crippen molar-refractivity contribution in [2.45, 2.75) is 47.5 Å². The summed E-state index contributed by atoms with van der Waals surface area (Å²) < 4.78 is 14.0. The second kappa shape index (κ2) is 12.5. The molecule has 0 unspecified atom stereocenters. The normalized spacial score (nSPS) is 13.2. The standard InChI is InChI=1S/C30H34FNO/c1-7-12-21(5)28(27(13-8-2)25-16-17-29(31)22(6)18-25)20-23(9-3)24-14-11-15-26(19-24)32-30(33)10-4/h9-20H,4,7-8H2,1-3,5-6H3,(H,32,33)/b21-12+,23-9+,27-13-,28-20+. The van der Waals surface area contributed by atoms with E-state index in [1.807, 2.05) is 43.3 Å². The number of rotatable bonds is 9. The predicted octanol–water partition coefficient (Wildman–Crippen LogP) is 8.44. The molecule has 2 nitrogen and oxygen atoms in total. The van der Waals surface area contributed by atoms with Gasteiger partial charge in [0.25, 0.3) is 0 Å². The predicted molar refractivity (Wildman–Crippen MR) is 140 cm³/mol. The van der Waals surface area contributed by atoms with E-state index >= 15 is 0 Å². The molecule has 0 atom stereocenters. The van der Waals surface area contributed by atoms with E-state index in [1.54, 1.807) is 6.92 Å². The van der Waals surface area contributed by atoms with Crippen molar-refractivity contribution < 1.29 is 9.18 Å². The van der Waals surface area contributed by atoms with Gasteiger partial charge in [-0.1, -0.05) is 56.9 Å². The molecule has 1 amide bonds. The summed E-state index contributed by atoms with van der Waals surface area (Å²) in [6.45, 7) is 13.7. The van der Waals surface area contributed by atoms with Gasteiger partial charge in [0.1, 0.15) is 5.82 Å². The summed E-state index contributed by atoms with van der Waals surface area (Å²) in [5.41, 5.74) is 7.70. The first-order valence-electron chi connectivity index (χ1n) is 11.4. The Bertz CT molecular complexity index is 1130. The fraction of sp³-hybridized carbons (Fsp3) is 0.233. The first-order chi connectivity index (χ1) is 15.8. The van der Waals surface area contributed by atoms with Crippen LogP contribution in [-0.2, 0) is 4.79 Å². The molecular weight excluding hydrogens is 409 g/mol. The van der Waals surface area contributed by atoms with Crippen LogP contribution in [0.15, 0.2) is 90.6 Å². The van der Waals surface area contributed by atoms with E-state index < -0.39 is 0 Å². The Morgan fingerprint density at radius 3 is 2.39 bits per heavy atom. The number of hydrogen-bond donors (Lipinski definition) is 1. The summed E-state index contributed by atoms with van der Waals surface area (Å²) >= 11 is 0. The summed E-state index contributed by atoms with van der Waals surface area (Å²) in [6, 6.07) is 13.0. The molecule has 0 heterocycles. The average molecular weight is 444 g/mol. The fourth-order valence-corrected chi connectivity index (χ4v) is 3.68. The third-order valence-electron chi connectivity index (χ3n) is 5.36. The average Bonchev–Trinajstić information content (AvgIpc) is 2.80. The highest BCUT2D eigenvalue weighted by Crippen LogP contribution is 2.33. The SMILES string of the molecule is C=CC(=O)Nc1cccc(C(/C=C(C(=C\CC)/c2ccc(F)c(C)c2)\C(C)=C\CC)=C/C)c1. The molecule has 0 spiro atoms. The molecule has 172 valence electrons. The lowest BCUT2D eigenvalue weighted by atomic mass is 9.88. The molecule has 33 heavy (non-hydrogen) atoms. The van der Waals surface area contributed by atoms with Crippen molar-refractivity contribution in [1.82, 2.24) is 0 Å². The van der Waals surface area contributed by atoms with E-state index in [4.69, 9.17) is 0 Å². The minimum Gasteiger partial charge on any atom is -0.323 e. The minimum atomic E-state index is -0.244. The molecule has 0 saturated carbocycles. The Kier molecular flexibility index (Phi) is 9.81. The van der Waals surface area contributed by atoms with Crippen LogP contribution in [0, 0.1) is 12.7 Å². The summed E-state index contributed by atoms with van der Waals surface area (Å²) in [5, 5.41) is 2.82. The fourth-order valence-electron chi connectivity index (χ4n) is 3.68. The zero-order valence-electron chi connectivity index (χ0n) is 20.3. The third-order valence-corrected chi connectivity index (χ3v) is 5.36. The Morgan fingerprint density at radius 2 is 1.79 bits per heavy atom. The highest BCUT2D eigenvalue weighted by atomic mass is 19.1. The molecule has 2 aromatic rings. The molecule has 0 bridgehead atoms. The number of carbonyl (C=O) groups is 1. The van der Waals surface area contributed by atoms with Crippen LogP contribution in [0.5, 0.6) is 0 Å². The quantitative estimate of drug-likeness (QED) is 0.306. The minimum absolute atomic E-state index is 0.200. The van der Waals surface area contributed by atoms with Gasteiger partial charge in [-0.2, -0.15) is 0 Å². The van der Waals surface area contributed by atoms with E-state index in [1.165, 1.54) is 12.1 Å². The molecule has 0 fully saturated rings. The van der Waals surface area contributed by atoms with Crippen molar-refractivity contribution in [2.75, 3.05) is 5.32 Å². The van der Waals surface area contributed by atoms with Gasteiger partial charge < -0.3 is 5.32 Å². The Morgan fingerprint density at radius 1 is 1.06 bits per heavy atom. The van der Waals surface area contributed by atoms with Crippen molar-refractivity contribution in [3.8, 4) is 0 Å². The van der Waals surface area contributed by atoms with Gasteiger partial charge in [0.15, 0.2) is 0 Å². The van der Waals surface area contributed by atoms with Crippen molar-refractivity contribution in [2.24, 2.45) is 0 Å². The van der Waals surface area contributed by atoms with Crippen molar-refractivity contribution in [3.05, 3.63) is 113 Å². The highest BCUT2D eigenvalue weighted by molar-refractivity contribution is 5.99. The third kappa shape index (κ3) is 7.01. The monoisotopic (exact) mass is 443 g/mol. The number of amides is 1. The number of hydrogen-bond acceptors (Lipinski definition) is 1. The van der Waals surface area contributed by atoms with E-state index in [0.29, 0.717) is 11.3 Å². The largest absolute Gasteiger partial charge is 0.323 e. The zero-order chi connectivity index (χ0) is 24.4. The highest BCUT2D eigenvalue weighted by Gasteiger charge is 2.13. The summed E-state index contributed by atoms with van der Waals surface area (Å²) in [7, 11) is 0. The zero-order valence-corrected chi connectivity index (χ0v) is 20.3. The first kappa shape index (κ1) is 25.8. The van der Waals surface area contributed by atoms with Crippen LogP contribution in [0.1, 0.15) is 57.2 Å². The van der Waals surface area contributed by atoms with Crippen LogP contribution in [0.25, 0.3) is 11.1 Å².